The summed E-state index contributed by atoms with van der Waals surface area (Å²) in [5.74, 6) is 0.861. The zero-order chi connectivity index (χ0) is 14.6. The SMILES string of the molecule is COc1ccc2[nH]c3cc4cc(Cl)ccc4[n+](C)c3c2c1.[I-]. The molecular formula is C17H14ClIN2O. The molecule has 2 aromatic carbocycles. The molecule has 5 heteroatoms. The van der Waals surface area contributed by atoms with E-state index in [0.717, 1.165) is 38.1 Å². The standard InChI is InChI=1S/C17H13ClN2O.HI/c1-20-16-6-3-11(18)7-10(16)8-15-17(20)13-9-12(21-2)4-5-14(13)19-15;/h3-9H,1-2H3;1H. The number of pyridine rings is 1. The number of aromatic nitrogens is 2. The number of hydrogen-bond donors (Lipinski definition) is 1. The van der Waals surface area contributed by atoms with Crippen LogP contribution in [0.2, 0.25) is 5.02 Å². The minimum atomic E-state index is 0. The van der Waals surface area contributed by atoms with E-state index in [1.54, 1.807) is 7.11 Å². The van der Waals surface area contributed by atoms with Crippen molar-refractivity contribution in [3.05, 3.63) is 47.5 Å². The van der Waals surface area contributed by atoms with Crippen molar-refractivity contribution in [1.82, 2.24) is 4.98 Å². The zero-order valence-corrected chi connectivity index (χ0v) is 15.1. The average molecular weight is 425 g/mol. The van der Waals surface area contributed by atoms with Gasteiger partial charge in [0.1, 0.15) is 18.3 Å². The molecule has 0 spiro atoms. The van der Waals surface area contributed by atoms with Crippen molar-refractivity contribution in [2.24, 2.45) is 7.05 Å². The van der Waals surface area contributed by atoms with Gasteiger partial charge in [-0.05, 0) is 36.4 Å². The van der Waals surface area contributed by atoms with Crippen LogP contribution < -0.4 is 33.3 Å². The molecule has 0 aliphatic rings. The van der Waals surface area contributed by atoms with Crippen LogP contribution in [0.3, 0.4) is 0 Å². The number of aryl methyl sites for hydroxylation is 1. The van der Waals surface area contributed by atoms with Gasteiger partial charge in [0, 0.05) is 16.5 Å². The van der Waals surface area contributed by atoms with Gasteiger partial charge in [0.05, 0.1) is 18.0 Å². The van der Waals surface area contributed by atoms with Gasteiger partial charge in [-0.15, -0.1) is 0 Å². The van der Waals surface area contributed by atoms with Gasteiger partial charge in [0.2, 0.25) is 11.0 Å². The second-order valence-corrected chi connectivity index (χ2v) is 5.64. The summed E-state index contributed by atoms with van der Waals surface area (Å²) in [6, 6.07) is 14.2. The largest absolute Gasteiger partial charge is 1.00 e. The minimum absolute atomic E-state index is 0. The van der Waals surface area contributed by atoms with E-state index < -0.39 is 0 Å². The number of halogens is 2. The van der Waals surface area contributed by atoms with Crippen molar-refractivity contribution in [3.8, 4) is 5.75 Å². The number of benzene rings is 2. The Labute approximate surface area is 149 Å². The molecule has 1 N–H and O–H groups in total. The smallest absolute Gasteiger partial charge is 0.238 e. The van der Waals surface area contributed by atoms with Gasteiger partial charge >= 0.3 is 0 Å². The number of rotatable bonds is 1. The maximum Gasteiger partial charge on any atom is 0.238 e. The molecule has 0 aliphatic carbocycles. The molecule has 0 saturated carbocycles. The second-order valence-electron chi connectivity index (χ2n) is 5.21. The quantitative estimate of drug-likeness (QED) is 0.358. The summed E-state index contributed by atoms with van der Waals surface area (Å²) in [4.78, 5) is 3.46. The van der Waals surface area contributed by atoms with Gasteiger partial charge in [-0.3, -0.25) is 0 Å². The van der Waals surface area contributed by atoms with Crippen LogP contribution in [0.4, 0.5) is 0 Å². The maximum absolute atomic E-state index is 6.10. The molecule has 4 aromatic rings. The minimum Gasteiger partial charge on any atom is -1.00 e. The fourth-order valence-corrected chi connectivity index (χ4v) is 3.17. The monoisotopic (exact) mass is 424 g/mol. The van der Waals surface area contributed by atoms with Crippen LogP contribution in [-0.2, 0) is 7.05 Å². The molecule has 0 saturated heterocycles. The molecule has 0 amide bonds. The fourth-order valence-electron chi connectivity index (χ4n) is 2.99. The molecule has 2 heterocycles. The van der Waals surface area contributed by atoms with Crippen LogP contribution in [0, 0.1) is 0 Å². The normalized spacial score (nSPS) is 11.0. The van der Waals surface area contributed by atoms with Gasteiger partial charge in [0.25, 0.3) is 0 Å². The number of hydrogen-bond acceptors (Lipinski definition) is 1. The van der Waals surface area contributed by atoms with Crippen LogP contribution in [0.25, 0.3) is 32.8 Å². The van der Waals surface area contributed by atoms with Crippen molar-refractivity contribution < 1.29 is 33.3 Å². The summed E-state index contributed by atoms with van der Waals surface area (Å²) in [5.41, 5.74) is 4.51. The van der Waals surface area contributed by atoms with E-state index in [-0.39, 0.29) is 24.0 Å². The van der Waals surface area contributed by atoms with Gasteiger partial charge in [0.15, 0.2) is 0 Å². The van der Waals surface area contributed by atoms with Crippen LogP contribution >= 0.6 is 11.6 Å². The van der Waals surface area contributed by atoms with Crippen LogP contribution in [0.15, 0.2) is 42.5 Å². The molecule has 0 atom stereocenters. The lowest BCUT2D eigenvalue weighted by Gasteiger charge is -2.00. The highest BCUT2D eigenvalue weighted by Gasteiger charge is 2.17. The highest BCUT2D eigenvalue weighted by Crippen LogP contribution is 2.29. The Bertz CT molecular complexity index is 1010. The van der Waals surface area contributed by atoms with Crippen molar-refractivity contribution >= 4 is 44.4 Å². The molecule has 0 radical (unpaired) electrons. The molecule has 0 aliphatic heterocycles. The lowest BCUT2D eigenvalue weighted by atomic mass is 10.1. The summed E-state index contributed by atoms with van der Waals surface area (Å²) in [5, 5.41) is 3.03. The van der Waals surface area contributed by atoms with E-state index in [2.05, 4.69) is 34.8 Å². The summed E-state index contributed by atoms with van der Waals surface area (Å²) in [6.07, 6.45) is 0. The number of nitrogens with one attached hydrogen (secondary N) is 1. The topological polar surface area (TPSA) is 28.9 Å². The zero-order valence-electron chi connectivity index (χ0n) is 12.2. The third-order valence-corrected chi connectivity index (χ3v) is 4.23. The predicted molar refractivity (Wildman–Crippen MR) is 86.0 cm³/mol. The Hall–Kier alpha value is -1.53. The summed E-state index contributed by atoms with van der Waals surface area (Å²) in [6.45, 7) is 0. The van der Waals surface area contributed by atoms with Gasteiger partial charge in [-0.25, -0.2) is 0 Å². The Kier molecular flexibility index (Phi) is 3.91. The van der Waals surface area contributed by atoms with Gasteiger partial charge in [-0.2, -0.15) is 4.57 Å². The van der Waals surface area contributed by atoms with Crippen LogP contribution in [0.1, 0.15) is 0 Å². The molecule has 4 rings (SSSR count). The first kappa shape index (κ1) is 15.4. The first-order valence-corrected chi connectivity index (χ1v) is 7.13. The molecule has 22 heavy (non-hydrogen) atoms. The highest BCUT2D eigenvalue weighted by molar-refractivity contribution is 6.31. The Morgan fingerprint density at radius 2 is 1.86 bits per heavy atom. The van der Waals surface area contributed by atoms with Gasteiger partial charge in [-0.1, -0.05) is 11.6 Å². The number of nitrogens with zero attached hydrogens (tertiary/aromatic N) is 1. The molecule has 3 nitrogen and oxygen atoms in total. The first-order valence-electron chi connectivity index (χ1n) is 6.75. The van der Waals surface area contributed by atoms with E-state index in [0.29, 0.717) is 0 Å². The van der Waals surface area contributed by atoms with Crippen molar-refractivity contribution in [2.75, 3.05) is 7.11 Å². The van der Waals surface area contributed by atoms with Crippen molar-refractivity contribution in [3.63, 3.8) is 0 Å². The maximum atomic E-state index is 6.10. The summed E-state index contributed by atoms with van der Waals surface area (Å²) in [7, 11) is 3.76. The van der Waals surface area contributed by atoms with E-state index in [1.807, 2.05) is 24.3 Å². The molecule has 0 bridgehead atoms. The highest BCUT2D eigenvalue weighted by atomic mass is 127. The summed E-state index contributed by atoms with van der Waals surface area (Å²) >= 11 is 6.10. The van der Waals surface area contributed by atoms with Crippen molar-refractivity contribution in [1.29, 1.82) is 0 Å². The third-order valence-electron chi connectivity index (χ3n) is 3.99. The van der Waals surface area contributed by atoms with E-state index >= 15 is 0 Å². The molecule has 0 unspecified atom stereocenters. The number of aromatic amines is 1. The van der Waals surface area contributed by atoms with E-state index in [1.165, 1.54) is 5.52 Å². The number of methoxy groups -OCH3 is 1. The second kappa shape index (κ2) is 5.59. The van der Waals surface area contributed by atoms with Crippen molar-refractivity contribution in [2.45, 2.75) is 0 Å². The Morgan fingerprint density at radius 1 is 1.05 bits per heavy atom. The molecule has 112 valence electrons. The lowest BCUT2D eigenvalue weighted by Crippen LogP contribution is -3.00. The lowest BCUT2D eigenvalue weighted by molar-refractivity contribution is -0.616. The Balaban J connectivity index is 0.00000144. The Morgan fingerprint density at radius 3 is 2.64 bits per heavy atom. The fraction of sp³-hybridized carbons (Fsp3) is 0.118. The van der Waals surface area contributed by atoms with Crippen LogP contribution in [-0.4, -0.2) is 12.1 Å². The van der Waals surface area contributed by atoms with E-state index in [4.69, 9.17) is 16.3 Å². The number of fused-ring (bicyclic) bond motifs is 4. The van der Waals surface area contributed by atoms with Crippen LogP contribution in [0.5, 0.6) is 5.75 Å². The molecule has 2 aromatic heterocycles. The molecular weight excluding hydrogens is 411 g/mol. The predicted octanol–water partition coefficient (Wildman–Crippen LogP) is 0.965. The summed E-state index contributed by atoms with van der Waals surface area (Å²) < 4.78 is 7.54. The van der Waals surface area contributed by atoms with Gasteiger partial charge < -0.3 is 33.7 Å². The average Bonchev–Trinajstić information content (AvgIpc) is 2.84. The third kappa shape index (κ3) is 2.21. The molecule has 0 fully saturated rings. The first-order chi connectivity index (χ1) is 10.2. The number of H-pyrrole nitrogens is 1. The van der Waals surface area contributed by atoms with E-state index in [9.17, 15) is 0 Å². The number of ether oxygens (including phenoxy) is 1.